The highest BCUT2D eigenvalue weighted by atomic mass is 127. The molecule has 0 spiro atoms. The Hall–Kier alpha value is -1.88. The average molecular weight is 533 g/mol. The molecule has 2 heterocycles. The second-order valence-corrected chi connectivity index (χ2v) is 8.26. The maximum Gasteiger partial charge on any atom is 0.167 e. The standard InChI is InChI=1S/C16H19ClIN8OP/c1-8-21-13-11(7-12(17)23-16(13)26(8)28-18)22-10-6-4-5-9(14(10)27-3)15(19)24-25(2)20/h4-7,28H,20H2,1-3H3,(H2,19,24)(H,22,23). The molecule has 1 aromatic carbocycles. The van der Waals surface area contributed by atoms with Crippen molar-refractivity contribution in [1.82, 2.24) is 19.4 Å². The fourth-order valence-electron chi connectivity index (χ4n) is 2.75. The minimum Gasteiger partial charge on any atom is -0.494 e. The fraction of sp³-hybridized carbons (Fsp3) is 0.188. The van der Waals surface area contributed by atoms with Crippen molar-refractivity contribution in [2.24, 2.45) is 16.7 Å². The number of hydrogen-bond donors (Lipinski definition) is 3. The van der Waals surface area contributed by atoms with Crippen molar-refractivity contribution in [1.29, 1.82) is 0 Å². The van der Waals surface area contributed by atoms with Crippen molar-refractivity contribution in [3.63, 3.8) is 0 Å². The van der Waals surface area contributed by atoms with Gasteiger partial charge in [0.25, 0.3) is 0 Å². The van der Waals surface area contributed by atoms with Crippen LogP contribution in [0.15, 0.2) is 29.4 Å². The summed E-state index contributed by atoms with van der Waals surface area (Å²) in [4.78, 5) is 9.07. The number of hydrazine groups is 1. The van der Waals surface area contributed by atoms with E-state index in [4.69, 9.17) is 27.9 Å². The maximum absolute atomic E-state index is 6.26. The number of halogens is 2. The molecule has 0 aliphatic rings. The van der Waals surface area contributed by atoms with Crippen LogP contribution in [0.25, 0.3) is 11.2 Å². The molecule has 28 heavy (non-hydrogen) atoms. The molecule has 0 bridgehead atoms. The molecule has 12 heteroatoms. The number of hydrazone groups is 1. The van der Waals surface area contributed by atoms with Gasteiger partial charge in [-0.25, -0.2) is 20.9 Å². The van der Waals surface area contributed by atoms with Crippen molar-refractivity contribution in [3.05, 3.63) is 40.8 Å². The van der Waals surface area contributed by atoms with Crippen LogP contribution in [0.3, 0.4) is 0 Å². The van der Waals surface area contributed by atoms with Crippen molar-refractivity contribution >= 4 is 68.4 Å². The van der Waals surface area contributed by atoms with E-state index >= 15 is 0 Å². The molecule has 2 aromatic heterocycles. The summed E-state index contributed by atoms with van der Waals surface area (Å²) in [6.07, 6.45) is 0.459. The van der Waals surface area contributed by atoms with Gasteiger partial charge in [-0.15, -0.1) is 5.10 Å². The highest BCUT2D eigenvalue weighted by Crippen LogP contribution is 2.37. The van der Waals surface area contributed by atoms with Crippen molar-refractivity contribution in [2.45, 2.75) is 6.92 Å². The Balaban J connectivity index is 2.12. The van der Waals surface area contributed by atoms with Crippen molar-refractivity contribution in [2.75, 3.05) is 19.5 Å². The number of imidazole rings is 1. The summed E-state index contributed by atoms with van der Waals surface area (Å²) >= 11 is 8.55. The van der Waals surface area contributed by atoms with E-state index in [1.165, 1.54) is 0 Å². The van der Waals surface area contributed by atoms with Crippen molar-refractivity contribution < 1.29 is 4.74 Å². The van der Waals surface area contributed by atoms with E-state index in [0.717, 1.165) is 22.1 Å². The van der Waals surface area contributed by atoms with E-state index < -0.39 is 0 Å². The van der Waals surface area contributed by atoms with E-state index in [2.05, 4.69) is 42.4 Å². The number of nitrogens with zero attached hydrogens (tertiary/aromatic N) is 5. The molecule has 3 rings (SSSR count). The quantitative estimate of drug-likeness (QED) is 0.0847. The van der Waals surface area contributed by atoms with Gasteiger partial charge in [0, 0.05) is 13.1 Å². The summed E-state index contributed by atoms with van der Waals surface area (Å²) < 4.78 is 7.60. The Morgan fingerprint density at radius 2 is 2.14 bits per heavy atom. The number of aryl methyl sites for hydroxylation is 1. The van der Waals surface area contributed by atoms with Crippen LogP contribution in [0.4, 0.5) is 11.4 Å². The van der Waals surface area contributed by atoms with Gasteiger partial charge in [-0.3, -0.25) is 4.34 Å². The van der Waals surface area contributed by atoms with Gasteiger partial charge in [0.1, 0.15) is 16.5 Å². The van der Waals surface area contributed by atoms with E-state index in [1.807, 2.05) is 23.4 Å². The first-order valence-corrected chi connectivity index (χ1v) is 12.5. The molecule has 0 fully saturated rings. The predicted molar refractivity (Wildman–Crippen MR) is 124 cm³/mol. The first-order valence-electron chi connectivity index (χ1n) is 8.04. The summed E-state index contributed by atoms with van der Waals surface area (Å²) in [5, 5.41) is 8.89. The van der Waals surface area contributed by atoms with Gasteiger partial charge in [0.15, 0.2) is 17.2 Å². The van der Waals surface area contributed by atoms with Gasteiger partial charge in [0.2, 0.25) is 0 Å². The van der Waals surface area contributed by atoms with Crippen LogP contribution >= 0.6 is 40.0 Å². The highest BCUT2D eigenvalue weighted by Gasteiger charge is 2.17. The molecule has 0 saturated carbocycles. The Labute approximate surface area is 181 Å². The molecule has 0 saturated heterocycles. The van der Waals surface area contributed by atoms with Gasteiger partial charge >= 0.3 is 0 Å². The van der Waals surface area contributed by atoms with Gasteiger partial charge < -0.3 is 15.8 Å². The lowest BCUT2D eigenvalue weighted by Crippen LogP contribution is -2.26. The zero-order valence-electron chi connectivity index (χ0n) is 15.4. The zero-order chi connectivity index (χ0) is 20.4. The number of amidine groups is 1. The molecule has 0 amide bonds. The summed E-state index contributed by atoms with van der Waals surface area (Å²) in [6.45, 7) is 1.94. The van der Waals surface area contributed by atoms with Crippen LogP contribution in [0.5, 0.6) is 5.75 Å². The summed E-state index contributed by atoms with van der Waals surface area (Å²) in [5.41, 5.74) is 9.52. The van der Waals surface area contributed by atoms with E-state index in [9.17, 15) is 0 Å². The topological polar surface area (TPSA) is 120 Å². The lowest BCUT2D eigenvalue weighted by Gasteiger charge is -2.16. The number of nitrogens with two attached hydrogens (primary N) is 2. The molecule has 0 radical (unpaired) electrons. The molecule has 0 aliphatic carbocycles. The Morgan fingerprint density at radius 1 is 1.39 bits per heavy atom. The van der Waals surface area contributed by atoms with Gasteiger partial charge in [-0.2, -0.15) is 0 Å². The Morgan fingerprint density at radius 3 is 2.79 bits per heavy atom. The third kappa shape index (κ3) is 4.09. The Kier molecular flexibility index (Phi) is 6.43. The normalized spacial score (nSPS) is 12.1. The summed E-state index contributed by atoms with van der Waals surface area (Å²) in [6, 6.07) is 7.24. The number of benzene rings is 1. The maximum atomic E-state index is 6.26. The number of ether oxygens (including phenoxy) is 1. The Bertz CT molecular complexity index is 1050. The molecule has 148 valence electrons. The van der Waals surface area contributed by atoms with Gasteiger partial charge in [-0.05, 0) is 41.1 Å². The first kappa shape index (κ1) is 20.8. The number of nitrogens with one attached hydrogen (secondary N) is 1. The molecule has 0 aliphatic heterocycles. The lowest BCUT2D eigenvalue weighted by atomic mass is 10.1. The number of rotatable bonds is 6. The highest BCUT2D eigenvalue weighted by molar-refractivity contribution is 14.2. The SMILES string of the molecule is COc1c(Nc2cc(Cl)nc3c2nc(C)n3PI)cccc1/C(N)=N/N(C)N. The van der Waals surface area contributed by atoms with Gasteiger partial charge in [0.05, 0.1) is 30.4 Å². The fourth-order valence-corrected chi connectivity index (χ4v) is 5.08. The molecule has 3 aromatic rings. The number of anilines is 2. The molecular weight excluding hydrogens is 514 g/mol. The zero-order valence-corrected chi connectivity index (χ0v) is 19.3. The number of aromatic nitrogens is 3. The van der Waals surface area contributed by atoms with Crippen LogP contribution in [0.1, 0.15) is 11.4 Å². The molecule has 5 N–H and O–H groups in total. The smallest absolute Gasteiger partial charge is 0.167 e. The molecule has 1 unspecified atom stereocenters. The third-order valence-electron chi connectivity index (χ3n) is 3.87. The van der Waals surface area contributed by atoms with Crippen LogP contribution in [-0.2, 0) is 0 Å². The van der Waals surface area contributed by atoms with E-state index in [-0.39, 0.29) is 5.84 Å². The third-order valence-corrected chi connectivity index (χ3v) is 6.21. The van der Waals surface area contributed by atoms with Crippen LogP contribution in [0, 0.1) is 6.92 Å². The number of methoxy groups -OCH3 is 1. The van der Waals surface area contributed by atoms with Gasteiger partial charge in [-0.1, -0.05) is 17.7 Å². The molecule has 9 nitrogen and oxygen atoms in total. The molecular formula is C16H19ClIN8OP. The summed E-state index contributed by atoms with van der Waals surface area (Å²) in [5.74, 6) is 7.19. The van der Waals surface area contributed by atoms with E-state index in [0.29, 0.717) is 34.2 Å². The summed E-state index contributed by atoms with van der Waals surface area (Å²) in [7, 11) is 3.15. The number of pyridine rings is 1. The predicted octanol–water partition coefficient (Wildman–Crippen LogP) is 3.36. The van der Waals surface area contributed by atoms with E-state index in [1.54, 1.807) is 26.3 Å². The van der Waals surface area contributed by atoms with Crippen molar-refractivity contribution in [3.8, 4) is 5.75 Å². The van der Waals surface area contributed by atoms with Crippen LogP contribution in [-0.4, -0.2) is 39.4 Å². The number of hydrogen-bond acceptors (Lipinski definition) is 7. The van der Waals surface area contributed by atoms with Crippen LogP contribution < -0.4 is 21.6 Å². The monoisotopic (exact) mass is 532 g/mol. The lowest BCUT2D eigenvalue weighted by molar-refractivity contribution is 0.371. The number of para-hydroxylation sites is 1. The second-order valence-electron chi connectivity index (χ2n) is 5.81. The largest absolute Gasteiger partial charge is 0.494 e. The second kappa shape index (κ2) is 8.64. The number of fused-ring (bicyclic) bond motifs is 1. The van der Waals surface area contributed by atoms with Crippen LogP contribution in [0.2, 0.25) is 5.15 Å². The first-order chi connectivity index (χ1) is 13.3. The minimum absolute atomic E-state index is 0.231. The minimum atomic E-state index is 0.231. The molecule has 1 atom stereocenters. The average Bonchev–Trinajstić information content (AvgIpc) is 2.96.